The Morgan fingerprint density at radius 1 is 1.37 bits per heavy atom. The molecule has 0 amide bonds. The molecule has 0 radical (unpaired) electrons. The number of aryl methyl sites for hydroxylation is 1. The van der Waals surface area contributed by atoms with Crippen LogP contribution in [0.3, 0.4) is 0 Å². The number of carboxylic acid groups (broad SMARTS) is 1. The first-order valence-electron chi connectivity index (χ1n) is 6.36. The van der Waals surface area contributed by atoms with E-state index in [1.807, 2.05) is 19.1 Å². The van der Waals surface area contributed by atoms with Crippen molar-refractivity contribution >= 4 is 5.97 Å². The molecule has 0 aliphatic carbocycles. The van der Waals surface area contributed by atoms with Crippen LogP contribution in [-0.4, -0.2) is 11.1 Å². The Morgan fingerprint density at radius 3 is 2.68 bits per heavy atom. The lowest BCUT2D eigenvalue weighted by Gasteiger charge is -2.05. The largest absolute Gasteiger partial charge is 0.481 e. The molecule has 0 aromatic heterocycles. The maximum absolute atomic E-state index is 13.3. The average molecular weight is 268 g/mol. The van der Waals surface area contributed by atoms with Crippen LogP contribution in [0.15, 0.2) is 30.4 Å². The highest BCUT2D eigenvalue weighted by molar-refractivity contribution is 5.70. The number of rotatable bonds is 7. The number of aliphatic carboxylic acids is 1. The molecule has 1 aromatic carbocycles. The fourth-order valence-electron chi connectivity index (χ4n) is 1.78. The minimum Gasteiger partial charge on any atom is -0.481 e. The van der Waals surface area contributed by atoms with Crippen LogP contribution in [-0.2, 0) is 11.2 Å². The maximum atomic E-state index is 13.3. The topological polar surface area (TPSA) is 37.3 Å². The molecule has 104 valence electrons. The average Bonchev–Trinajstić information content (AvgIpc) is 2.35. The number of halogens is 2. The molecule has 0 bridgehead atoms. The van der Waals surface area contributed by atoms with Crippen molar-refractivity contribution in [3.05, 3.63) is 47.5 Å². The van der Waals surface area contributed by atoms with Gasteiger partial charge in [-0.3, -0.25) is 4.79 Å². The summed E-state index contributed by atoms with van der Waals surface area (Å²) in [7, 11) is 0. The third-order valence-corrected chi connectivity index (χ3v) is 3.02. The van der Waals surface area contributed by atoms with Crippen LogP contribution in [0, 0.1) is 17.6 Å². The van der Waals surface area contributed by atoms with Crippen LogP contribution < -0.4 is 0 Å². The first-order valence-corrected chi connectivity index (χ1v) is 6.36. The van der Waals surface area contributed by atoms with E-state index < -0.39 is 17.6 Å². The summed E-state index contributed by atoms with van der Waals surface area (Å²) in [6, 6.07) is 3.54. The first-order chi connectivity index (χ1) is 9.04. The van der Waals surface area contributed by atoms with Crippen molar-refractivity contribution in [3.8, 4) is 0 Å². The predicted octanol–water partition coefficient (Wildman–Crippen LogP) is 3.95. The van der Waals surface area contributed by atoms with Crippen molar-refractivity contribution in [1.29, 1.82) is 0 Å². The second-order valence-electron chi connectivity index (χ2n) is 4.42. The Labute approximate surface area is 111 Å². The second-order valence-corrected chi connectivity index (χ2v) is 4.42. The lowest BCUT2D eigenvalue weighted by atomic mass is 10.0. The van der Waals surface area contributed by atoms with Crippen molar-refractivity contribution in [1.82, 2.24) is 0 Å². The summed E-state index contributed by atoms with van der Waals surface area (Å²) in [6.07, 6.45) is 5.81. The summed E-state index contributed by atoms with van der Waals surface area (Å²) < 4.78 is 26.0. The molecule has 0 heterocycles. The minimum atomic E-state index is -0.795. The standard InChI is InChI=1S/C15H18F2O2/c1-2-11(15(18)19)6-4-3-5-7-12-8-9-13(16)10-14(12)17/h3-4,8-11H,2,5-7H2,1H3,(H,18,19). The van der Waals surface area contributed by atoms with Crippen LogP contribution >= 0.6 is 0 Å². The number of carboxylic acids is 1. The van der Waals surface area contributed by atoms with Gasteiger partial charge >= 0.3 is 5.97 Å². The molecule has 0 saturated heterocycles. The van der Waals surface area contributed by atoms with Gasteiger partial charge in [0.1, 0.15) is 11.6 Å². The normalized spacial score (nSPS) is 12.8. The van der Waals surface area contributed by atoms with Gasteiger partial charge in [0.15, 0.2) is 0 Å². The Balaban J connectivity index is 2.39. The quantitative estimate of drug-likeness (QED) is 0.760. The van der Waals surface area contributed by atoms with Gasteiger partial charge in [0, 0.05) is 6.07 Å². The molecule has 0 aliphatic rings. The summed E-state index contributed by atoms with van der Waals surface area (Å²) in [5.41, 5.74) is 0.469. The van der Waals surface area contributed by atoms with E-state index in [0.717, 1.165) is 6.07 Å². The van der Waals surface area contributed by atoms with Gasteiger partial charge in [-0.2, -0.15) is 0 Å². The third-order valence-electron chi connectivity index (χ3n) is 3.02. The molecule has 0 spiro atoms. The molecule has 2 nitrogen and oxygen atoms in total. The predicted molar refractivity (Wildman–Crippen MR) is 69.9 cm³/mol. The fraction of sp³-hybridized carbons (Fsp3) is 0.400. The van der Waals surface area contributed by atoms with Crippen molar-refractivity contribution in [2.24, 2.45) is 5.92 Å². The van der Waals surface area contributed by atoms with Gasteiger partial charge in [0.2, 0.25) is 0 Å². The summed E-state index contributed by atoms with van der Waals surface area (Å²) in [5, 5.41) is 8.85. The molecule has 1 N–H and O–H groups in total. The van der Waals surface area contributed by atoms with E-state index in [2.05, 4.69) is 0 Å². The van der Waals surface area contributed by atoms with E-state index in [-0.39, 0.29) is 5.92 Å². The lowest BCUT2D eigenvalue weighted by Crippen LogP contribution is -2.11. The van der Waals surface area contributed by atoms with Gasteiger partial charge in [-0.25, -0.2) is 8.78 Å². The summed E-state index contributed by atoms with van der Waals surface area (Å²) in [5.74, 6) is -2.27. The molecule has 0 aliphatic heterocycles. The molecule has 4 heteroatoms. The lowest BCUT2D eigenvalue weighted by molar-refractivity contribution is -0.141. The van der Waals surface area contributed by atoms with E-state index in [1.165, 1.54) is 12.1 Å². The Hall–Kier alpha value is -1.71. The zero-order chi connectivity index (χ0) is 14.3. The molecular weight excluding hydrogens is 250 g/mol. The Morgan fingerprint density at radius 2 is 2.11 bits per heavy atom. The second kappa shape index (κ2) is 7.67. The van der Waals surface area contributed by atoms with Gasteiger partial charge in [-0.05, 0) is 37.3 Å². The van der Waals surface area contributed by atoms with Crippen LogP contribution in [0.4, 0.5) is 8.78 Å². The van der Waals surface area contributed by atoms with E-state index in [0.29, 0.717) is 31.2 Å². The fourth-order valence-corrected chi connectivity index (χ4v) is 1.78. The maximum Gasteiger partial charge on any atom is 0.306 e. The number of hydrogen-bond acceptors (Lipinski definition) is 1. The minimum absolute atomic E-state index is 0.362. The van der Waals surface area contributed by atoms with Crippen LogP contribution in [0.25, 0.3) is 0 Å². The van der Waals surface area contributed by atoms with Crippen LogP contribution in [0.2, 0.25) is 0 Å². The molecular formula is C15H18F2O2. The summed E-state index contributed by atoms with van der Waals surface area (Å²) >= 11 is 0. The van der Waals surface area contributed by atoms with Crippen molar-refractivity contribution in [2.45, 2.75) is 32.6 Å². The monoisotopic (exact) mass is 268 g/mol. The summed E-state index contributed by atoms with van der Waals surface area (Å²) in [6.45, 7) is 1.83. The molecule has 1 unspecified atom stereocenters. The SMILES string of the molecule is CCC(CC=CCCc1ccc(F)cc1F)C(=O)O. The zero-order valence-electron chi connectivity index (χ0n) is 10.9. The number of allylic oxidation sites excluding steroid dienone is 2. The first kappa shape index (κ1) is 15.3. The van der Waals surface area contributed by atoms with Crippen LogP contribution in [0.1, 0.15) is 31.7 Å². The Kier molecular flexibility index (Phi) is 6.19. The number of carbonyl (C=O) groups is 1. The third kappa shape index (κ3) is 5.20. The molecule has 1 rings (SSSR count). The molecule has 1 aromatic rings. The highest BCUT2D eigenvalue weighted by atomic mass is 19.1. The van der Waals surface area contributed by atoms with Gasteiger partial charge in [-0.1, -0.05) is 25.1 Å². The molecule has 1 atom stereocenters. The van der Waals surface area contributed by atoms with E-state index in [4.69, 9.17) is 5.11 Å². The number of hydrogen-bond donors (Lipinski definition) is 1. The smallest absolute Gasteiger partial charge is 0.306 e. The van der Waals surface area contributed by atoms with E-state index >= 15 is 0 Å². The van der Waals surface area contributed by atoms with E-state index in [1.54, 1.807) is 0 Å². The van der Waals surface area contributed by atoms with Crippen molar-refractivity contribution in [2.75, 3.05) is 0 Å². The van der Waals surface area contributed by atoms with Gasteiger partial charge in [0.25, 0.3) is 0 Å². The molecule has 19 heavy (non-hydrogen) atoms. The van der Waals surface area contributed by atoms with Gasteiger partial charge in [-0.15, -0.1) is 0 Å². The van der Waals surface area contributed by atoms with Gasteiger partial charge < -0.3 is 5.11 Å². The van der Waals surface area contributed by atoms with Crippen molar-refractivity contribution in [3.63, 3.8) is 0 Å². The van der Waals surface area contributed by atoms with Crippen molar-refractivity contribution < 1.29 is 18.7 Å². The zero-order valence-corrected chi connectivity index (χ0v) is 10.9. The highest BCUT2D eigenvalue weighted by Crippen LogP contribution is 2.13. The number of benzene rings is 1. The van der Waals surface area contributed by atoms with Gasteiger partial charge in [0.05, 0.1) is 5.92 Å². The highest BCUT2D eigenvalue weighted by Gasteiger charge is 2.12. The molecule has 0 fully saturated rings. The molecule has 0 saturated carbocycles. The summed E-state index contributed by atoms with van der Waals surface area (Å²) in [4.78, 5) is 10.8. The van der Waals surface area contributed by atoms with Crippen LogP contribution in [0.5, 0.6) is 0 Å². The van der Waals surface area contributed by atoms with E-state index in [9.17, 15) is 13.6 Å². The Bertz CT molecular complexity index is 455.